The molecule has 40 heavy (non-hydrogen) atoms. The van der Waals surface area contributed by atoms with Crippen LogP contribution in [0.5, 0.6) is 23.0 Å². The van der Waals surface area contributed by atoms with E-state index >= 15 is 0 Å². The summed E-state index contributed by atoms with van der Waals surface area (Å²) in [4.78, 5) is 35.7. The summed E-state index contributed by atoms with van der Waals surface area (Å²) in [6, 6.07) is 6.87. The molecule has 0 aliphatic rings. The Hall–Kier alpha value is -3.55. The first-order valence-electron chi connectivity index (χ1n) is 14.3. The molecule has 0 amide bonds. The Kier molecular flexibility index (Phi) is 14.0. The van der Waals surface area contributed by atoms with Crippen molar-refractivity contribution in [1.82, 2.24) is 0 Å². The number of unbranched alkanes of at least 4 members (excludes halogenated alkanes) is 1. The molecule has 2 aromatic rings. The van der Waals surface area contributed by atoms with Crippen LogP contribution in [0, 0.1) is 0 Å². The summed E-state index contributed by atoms with van der Waals surface area (Å²) in [5.74, 6) is 1.29. The number of ketones is 2. The summed E-state index contributed by atoms with van der Waals surface area (Å²) in [5.41, 5.74) is 2.32. The lowest BCUT2D eigenvalue weighted by atomic mass is 10.0. The first-order chi connectivity index (χ1) is 19.2. The van der Waals surface area contributed by atoms with Gasteiger partial charge >= 0.3 is 5.97 Å². The first kappa shape index (κ1) is 32.7. The minimum Gasteiger partial charge on any atom is -0.507 e. The molecule has 0 heterocycles. The van der Waals surface area contributed by atoms with Crippen molar-refractivity contribution < 1.29 is 38.4 Å². The summed E-state index contributed by atoms with van der Waals surface area (Å²) in [7, 11) is 0. The molecule has 0 fully saturated rings. The zero-order valence-electron chi connectivity index (χ0n) is 24.6. The third-order valence-corrected chi connectivity index (χ3v) is 6.35. The number of carbonyl (C=O) groups excluding carboxylic acids is 3. The van der Waals surface area contributed by atoms with Crippen LogP contribution in [-0.2, 0) is 22.4 Å². The second-order valence-corrected chi connectivity index (χ2v) is 9.63. The Bertz CT molecular complexity index is 1140. The molecule has 220 valence electrons. The summed E-state index contributed by atoms with van der Waals surface area (Å²) >= 11 is 0. The number of carbonyl (C=O) groups is 3. The Labute approximate surface area is 238 Å². The van der Waals surface area contributed by atoms with Crippen LogP contribution in [0.3, 0.4) is 0 Å². The van der Waals surface area contributed by atoms with Crippen LogP contribution in [0.1, 0.15) is 105 Å². The van der Waals surface area contributed by atoms with Gasteiger partial charge in [-0.1, -0.05) is 26.7 Å². The van der Waals surface area contributed by atoms with Gasteiger partial charge in [-0.3, -0.25) is 14.4 Å². The number of phenols is 1. The predicted octanol–water partition coefficient (Wildman–Crippen LogP) is 6.66. The minimum absolute atomic E-state index is 0.00806. The number of rotatable bonds is 19. The van der Waals surface area contributed by atoms with Crippen molar-refractivity contribution in [3.05, 3.63) is 46.5 Å². The maximum Gasteiger partial charge on any atom is 0.305 e. The SMILES string of the molecule is CCCc1c(OCCCOc2ccc(C(C)=O)c(OCCCCC(=O)OCC)c2CCC)ccc(C(C)=O)c1O. The molecule has 0 unspecified atom stereocenters. The van der Waals surface area contributed by atoms with Crippen LogP contribution in [-0.4, -0.2) is 49.1 Å². The number of benzene rings is 2. The van der Waals surface area contributed by atoms with Crippen LogP contribution in [0.25, 0.3) is 0 Å². The summed E-state index contributed by atoms with van der Waals surface area (Å²) in [6.07, 6.45) is 5.17. The van der Waals surface area contributed by atoms with Crippen molar-refractivity contribution >= 4 is 17.5 Å². The van der Waals surface area contributed by atoms with Gasteiger partial charge in [-0.05, 0) is 70.7 Å². The number of ether oxygens (including phenoxy) is 4. The highest BCUT2D eigenvalue weighted by molar-refractivity contribution is 5.98. The van der Waals surface area contributed by atoms with E-state index in [-0.39, 0.29) is 23.3 Å². The second kappa shape index (κ2) is 17.2. The van der Waals surface area contributed by atoms with E-state index in [9.17, 15) is 19.5 Å². The number of Topliss-reactive ketones (excluding diaryl/α,β-unsaturated/α-hetero) is 2. The van der Waals surface area contributed by atoms with Gasteiger partial charge < -0.3 is 24.1 Å². The molecule has 8 nitrogen and oxygen atoms in total. The highest BCUT2D eigenvalue weighted by Crippen LogP contribution is 2.35. The Morgan fingerprint density at radius 3 is 1.82 bits per heavy atom. The van der Waals surface area contributed by atoms with Crippen molar-refractivity contribution in [2.24, 2.45) is 0 Å². The molecule has 0 bridgehead atoms. The number of esters is 1. The maximum absolute atomic E-state index is 12.3. The smallest absolute Gasteiger partial charge is 0.305 e. The molecule has 2 rings (SSSR count). The van der Waals surface area contributed by atoms with E-state index in [1.807, 2.05) is 13.0 Å². The lowest BCUT2D eigenvalue weighted by molar-refractivity contribution is -0.143. The highest BCUT2D eigenvalue weighted by Gasteiger charge is 2.19. The maximum atomic E-state index is 12.3. The number of hydrogen-bond acceptors (Lipinski definition) is 8. The molecule has 0 saturated heterocycles. The molecule has 0 atom stereocenters. The van der Waals surface area contributed by atoms with Crippen molar-refractivity contribution in [2.45, 2.75) is 86.0 Å². The van der Waals surface area contributed by atoms with Gasteiger partial charge in [0, 0.05) is 24.0 Å². The molecule has 0 aliphatic carbocycles. The van der Waals surface area contributed by atoms with Gasteiger partial charge in [0.15, 0.2) is 11.6 Å². The van der Waals surface area contributed by atoms with Crippen LogP contribution >= 0.6 is 0 Å². The third-order valence-electron chi connectivity index (χ3n) is 6.35. The van der Waals surface area contributed by atoms with Crippen LogP contribution in [0.4, 0.5) is 0 Å². The topological polar surface area (TPSA) is 108 Å². The molecular formula is C32H44O8. The average Bonchev–Trinajstić information content (AvgIpc) is 2.91. The Balaban J connectivity index is 2.04. The van der Waals surface area contributed by atoms with E-state index in [4.69, 9.17) is 18.9 Å². The largest absolute Gasteiger partial charge is 0.507 e. The Morgan fingerprint density at radius 1 is 0.700 bits per heavy atom. The van der Waals surface area contributed by atoms with E-state index in [1.54, 1.807) is 25.1 Å². The summed E-state index contributed by atoms with van der Waals surface area (Å²) in [6.45, 7) is 10.3. The van der Waals surface area contributed by atoms with E-state index in [0.717, 1.165) is 18.4 Å². The zero-order valence-corrected chi connectivity index (χ0v) is 24.6. The molecule has 0 spiro atoms. The van der Waals surface area contributed by atoms with Crippen molar-refractivity contribution in [1.29, 1.82) is 0 Å². The molecule has 8 heteroatoms. The van der Waals surface area contributed by atoms with E-state index in [2.05, 4.69) is 6.92 Å². The lowest BCUT2D eigenvalue weighted by Crippen LogP contribution is -2.11. The Morgan fingerprint density at radius 2 is 1.25 bits per heavy atom. The number of aromatic hydroxyl groups is 1. The van der Waals surface area contributed by atoms with Crippen molar-refractivity contribution in [3.8, 4) is 23.0 Å². The molecule has 1 N–H and O–H groups in total. The molecule has 0 saturated carbocycles. The van der Waals surface area contributed by atoms with E-state index in [0.29, 0.717) is 98.9 Å². The number of phenolic OH excluding ortho intramolecular Hbond substituents is 1. The van der Waals surface area contributed by atoms with Gasteiger partial charge in [-0.15, -0.1) is 0 Å². The second-order valence-electron chi connectivity index (χ2n) is 9.63. The normalized spacial score (nSPS) is 10.7. The summed E-state index contributed by atoms with van der Waals surface area (Å²) < 4.78 is 23.1. The van der Waals surface area contributed by atoms with Gasteiger partial charge in [0.05, 0.1) is 37.6 Å². The monoisotopic (exact) mass is 556 g/mol. The fourth-order valence-corrected chi connectivity index (χ4v) is 4.40. The van der Waals surface area contributed by atoms with Crippen LogP contribution in [0.15, 0.2) is 24.3 Å². The van der Waals surface area contributed by atoms with E-state index < -0.39 is 0 Å². The summed E-state index contributed by atoms with van der Waals surface area (Å²) in [5, 5.41) is 10.5. The standard InChI is InChI=1S/C32H44O8/c1-6-12-26-28(17-15-24(22(4)33)31(26)36)38-20-11-21-39-29-18-16-25(23(5)34)32(27(29)13-7-2)40-19-10-9-14-30(35)37-8-3/h15-18,36H,6-14,19-21H2,1-5H3. The van der Waals surface area contributed by atoms with Gasteiger partial charge in [-0.2, -0.15) is 0 Å². The van der Waals surface area contributed by atoms with E-state index in [1.165, 1.54) is 13.8 Å². The quantitative estimate of drug-likeness (QED) is 0.116. The highest BCUT2D eigenvalue weighted by atomic mass is 16.5. The molecule has 0 aromatic heterocycles. The lowest BCUT2D eigenvalue weighted by Gasteiger charge is -2.19. The van der Waals surface area contributed by atoms with Crippen molar-refractivity contribution in [3.63, 3.8) is 0 Å². The third kappa shape index (κ3) is 9.57. The van der Waals surface area contributed by atoms with Gasteiger partial charge in [-0.25, -0.2) is 0 Å². The first-order valence-corrected chi connectivity index (χ1v) is 14.3. The minimum atomic E-state index is -0.218. The van der Waals surface area contributed by atoms with Gasteiger partial charge in [0.2, 0.25) is 0 Å². The van der Waals surface area contributed by atoms with Crippen molar-refractivity contribution in [2.75, 3.05) is 26.4 Å². The molecule has 0 aliphatic heterocycles. The predicted molar refractivity (Wildman–Crippen MR) is 154 cm³/mol. The molecule has 0 radical (unpaired) electrons. The van der Waals surface area contributed by atoms with Gasteiger partial charge in [0.25, 0.3) is 0 Å². The zero-order chi connectivity index (χ0) is 29.5. The molecular weight excluding hydrogens is 512 g/mol. The fraction of sp³-hybridized carbons (Fsp3) is 0.531. The average molecular weight is 557 g/mol. The fourth-order valence-electron chi connectivity index (χ4n) is 4.40. The van der Waals surface area contributed by atoms with Crippen LogP contribution < -0.4 is 14.2 Å². The number of hydrogen-bond donors (Lipinski definition) is 1. The van der Waals surface area contributed by atoms with Crippen LogP contribution in [0.2, 0.25) is 0 Å². The van der Waals surface area contributed by atoms with Gasteiger partial charge in [0.1, 0.15) is 23.0 Å². The molecule has 2 aromatic carbocycles.